The molecule has 0 aromatic heterocycles. The molecule has 0 aliphatic heterocycles. The number of benzene rings is 1. The van der Waals surface area contributed by atoms with Gasteiger partial charge in [0.05, 0.1) is 6.61 Å². The lowest BCUT2D eigenvalue weighted by Gasteiger charge is -2.21. The molecule has 0 unspecified atom stereocenters. The molecule has 0 fully saturated rings. The average Bonchev–Trinajstić information content (AvgIpc) is 2.12. The first kappa shape index (κ1) is 13.1. The highest BCUT2D eigenvalue weighted by Gasteiger charge is 2.15. The molecule has 0 N–H and O–H groups in total. The molecule has 1 rings (SSSR count). The Hall–Kier alpha value is -0.980. The minimum atomic E-state index is 0.143. The van der Waals surface area contributed by atoms with Crippen molar-refractivity contribution in [3.05, 3.63) is 36.2 Å². The summed E-state index contributed by atoms with van der Waals surface area (Å²) in [5, 5.41) is 0. The summed E-state index contributed by atoms with van der Waals surface area (Å²) >= 11 is 0. The van der Waals surface area contributed by atoms with E-state index in [4.69, 9.17) is 4.74 Å². The van der Waals surface area contributed by atoms with E-state index in [9.17, 15) is 0 Å². The first-order valence-electron chi connectivity index (χ1n) is 5.89. The fourth-order valence-corrected chi connectivity index (χ4v) is 1.44. The number of rotatable bonds is 3. The molecule has 0 spiro atoms. The number of hydrogen-bond acceptors (Lipinski definition) is 1. The molecule has 0 aliphatic rings. The van der Waals surface area contributed by atoms with Crippen LogP contribution < -0.4 is 4.74 Å². The lowest BCUT2D eigenvalue weighted by molar-refractivity contribution is 0.270. The molecule has 16 heavy (non-hydrogen) atoms. The minimum Gasteiger partial charge on any atom is -0.493 e. The van der Waals surface area contributed by atoms with Gasteiger partial charge in [0.1, 0.15) is 5.75 Å². The summed E-state index contributed by atoms with van der Waals surface area (Å²) < 4.78 is 5.74. The second kappa shape index (κ2) is 4.90. The topological polar surface area (TPSA) is 9.23 Å². The maximum absolute atomic E-state index is 5.74. The van der Waals surface area contributed by atoms with E-state index in [1.807, 2.05) is 6.07 Å². The minimum absolute atomic E-state index is 0.143. The van der Waals surface area contributed by atoms with Gasteiger partial charge in [0.2, 0.25) is 0 Å². The fraction of sp³-hybridized carbons (Fsp3) is 0.533. The third-order valence-electron chi connectivity index (χ3n) is 2.42. The Labute approximate surface area is 99.8 Å². The molecule has 0 saturated heterocycles. The predicted molar refractivity (Wildman–Crippen MR) is 69.9 cm³/mol. The smallest absolute Gasteiger partial charge is 0.119 e. The van der Waals surface area contributed by atoms with Crippen molar-refractivity contribution in [3.8, 4) is 5.75 Å². The first-order valence-corrected chi connectivity index (χ1v) is 5.89. The van der Waals surface area contributed by atoms with Gasteiger partial charge in [-0.25, -0.2) is 0 Å². The summed E-state index contributed by atoms with van der Waals surface area (Å²) in [5.74, 6) is 1.48. The van der Waals surface area contributed by atoms with E-state index < -0.39 is 0 Å². The highest BCUT2D eigenvalue weighted by atomic mass is 16.5. The van der Waals surface area contributed by atoms with Gasteiger partial charge in [-0.05, 0) is 41.5 Å². The molecule has 0 aliphatic carbocycles. The molecule has 89 valence electrons. The molecule has 1 radical (unpaired) electrons. The molecule has 1 aromatic carbocycles. The zero-order chi connectivity index (χ0) is 12.3. The van der Waals surface area contributed by atoms with Crippen molar-refractivity contribution in [1.29, 1.82) is 0 Å². The van der Waals surface area contributed by atoms with E-state index >= 15 is 0 Å². The summed E-state index contributed by atoms with van der Waals surface area (Å²) in [6, 6.07) is 6.25. The Morgan fingerprint density at radius 3 is 2.31 bits per heavy atom. The van der Waals surface area contributed by atoms with Gasteiger partial charge in [0.15, 0.2) is 0 Å². The van der Waals surface area contributed by atoms with Gasteiger partial charge >= 0.3 is 0 Å². The largest absolute Gasteiger partial charge is 0.493 e. The van der Waals surface area contributed by atoms with Crippen LogP contribution >= 0.6 is 0 Å². The Kier molecular flexibility index (Phi) is 4.01. The zero-order valence-corrected chi connectivity index (χ0v) is 11.1. The maximum atomic E-state index is 5.74. The standard InChI is InChI=1S/C15H23O/c1-11(2)10-16-14-8-12(3)7-13(9-14)15(4,5)6/h7-9,11H,3,10H2,1-2,4-6H3. The Morgan fingerprint density at radius 2 is 1.81 bits per heavy atom. The summed E-state index contributed by atoms with van der Waals surface area (Å²) in [4.78, 5) is 0. The Morgan fingerprint density at radius 1 is 1.19 bits per heavy atom. The molecule has 0 heterocycles. The Balaban J connectivity index is 2.90. The SMILES string of the molecule is [CH2]c1cc(OCC(C)C)cc(C(C)(C)C)c1. The van der Waals surface area contributed by atoms with Crippen molar-refractivity contribution in [2.45, 2.75) is 40.0 Å². The summed E-state index contributed by atoms with van der Waals surface area (Å²) in [7, 11) is 0. The zero-order valence-electron chi connectivity index (χ0n) is 11.1. The van der Waals surface area contributed by atoms with Crippen molar-refractivity contribution < 1.29 is 4.74 Å². The van der Waals surface area contributed by atoms with Gasteiger partial charge in [-0.15, -0.1) is 0 Å². The highest BCUT2D eigenvalue weighted by Crippen LogP contribution is 2.27. The number of ether oxygens (including phenoxy) is 1. The van der Waals surface area contributed by atoms with Gasteiger partial charge in [-0.1, -0.05) is 40.7 Å². The monoisotopic (exact) mass is 219 g/mol. The molecule has 0 saturated carbocycles. The molecule has 0 bridgehead atoms. The van der Waals surface area contributed by atoms with Crippen LogP contribution in [0.15, 0.2) is 18.2 Å². The fourth-order valence-electron chi connectivity index (χ4n) is 1.44. The molecule has 1 aromatic rings. The Bertz CT molecular complexity index is 345. The van der Waals surface area contributed by atoms with Gasteiger partial charge in [0.25, 0.3) is 0 Å². The molecule has 0 atom stereocenters. The van der Waals surface area contributed by atoms with Crippen LogP contribution in [0.3, 0.4) is 0 Å². The van der Waals surface area contributed by atoms with Gasteiger partial charge < -0.3 is 4.74 Å². The van der Waals surface area contributed by atoms with Crippen LogP contribution in [0.25, 0.3) is 0 Å². The maximum Gasteiger partial charge on any atom is 0.119 e. The van der Waals surface area contributed by atoms with Crippen molar-refractivity contribution in [2.75, 3.05) is 6.61 Å². The lowest BCUT2D eigenvalue weighted by atomic mass is 9.86. The van der Waals surface area contributed by atoms with Crippen LogP contribution in [-0.2, 0) is 5.41 Å². The van der Waals surface area contributed by atoms with Crippen LogP contribution in [-0.4, -0.2) is 6.61 Å². The molecule has 0 amide bonds. The highest BCUT2D eigenvalue weighted by molar-refractivity contribution is 5.38. The molecule has 1 nitrogen and oxygen atoms in total. The predicted octanol–water partition coefficient (Wildman–Crippen LogP) is 4.20. The van der Waals surface area contributed by atoms with Crippen LogP contribution in [0.4, 0.5) is 0 Å². The van der Waals surface area contributed by atoms with Crippen molar-refractivity contribution in [3.63, 3.8) is 0 Å². The van der Waals surface area contributed by atoms with E-state index in [2.05, 4.69) is 53.7 Å². The molecular formula is C15H23O. The average molecular weight is 219 g/mol. The summed E-state index contributed by atoms with van der Waals surface area (Å²) in [6.45, 7) is 15.7. The van der Waals surface area contributed by atoms with Crippen LogP contribution in [0.1, 0.15) is 45.7 Å². The van der Waals surface area contributed by atoms with E-state index in [0.717, 1.165) is 17.9 Å². The van der Waals surface area contributed by atoms with E-state index in [1.54, 1.807) is 0 Å². The molecule has 1 heteroatoms. The second-order valence-electron chi connectivity index (χ2n) is 5.82. The van der Waals surface area contributed by atoms with Crippen molar-refractivity contribution in [1.82, 2.24) is 0 Å². The van der Waals surface area contributed by atoms with E-state index in [0.29, 0.717) is 5.92 Å². The van der Waals surface area contributed by atoms with Crippen molar-refractivity contribution >= 4 is 0 Å². The van der Waals surface area contributed by atoms with Crippen molar-refractivity contribution in [2.24, 2.45) is 5.92 Å². The third-order valence-corrected chi connectivity index (χ3v) is 2.42. The van der Waals surface area contributed by atoms with Gasteiger partial charge in [-0.2, -0.15) is 0 Å². The summed E-state index contributed by atoms with van der Waals surface area (Å²) in [5.41, 5.74) is 2.44. The second-order valence-corrected chi connectivity index (χ2v) is 5.82. The van der Waals surface area contributed by atoms with Crippen LogP contribution in [0.5, 0.6) is 5.75 Å². The third kappa shape index (κ3) is 3.88. The van der Waals surface area contributed by atoms with Gasteiger partial charge in [-0.3, -0.25) is 0 Å². The normalized spacial score (nSPS) is 11.9. The first-order chi connectivity index (χ1) is 7.29. The van der Waals surface area contributed by atoms with E-state index in [-0.39, 0.29) is 5.41 Å². The van der Waals surface area contributed by atoms with Gasteiger partial charge in [0, 0.05) is 0 Å². The van der Waals surface area contributed by atoms with E-state index in [1.165, 1.54) is 5.56 Å². The quantitative estimate of drug-likeness (QED) is 0.740. The molecular weight excluding hydrogens is 196 g/mol. The lowest BCUT2D eigenvalue weighted by Crippen LogP contribution is -2.12. The summed E-state index contributed by atoms with van der Waals surface area (Å²) in [6.07, 6.45) is 0. The number of hydrogen-bond donors (Lipinski definition) is 0. The van der Waals surface area contributed by atoms with Crippen LogP contribution in [0, 0.1) is 12.8 Å². The van der Waals surface area contributed by atoms with Crippen LogP contribution in [0.2, 0.25) is 0 Å².